The number of nitrogens with zero attached hydrogens (tertiary/aromatic N) is 3. The summed E-state index contributed by atoms with van der Waals surface area (Å²) in [6.07, 6.45) is 1.41. The number of carbonyl (C=O) groups excluding carboxylic acids is 2. The van der Waals surface area contributed by atoms with E-state index in [-0.39, 0.29) is 22.6 Å². The minimum atomic E-state index is -3.73. The van der Waals surface area contributed by atoms with Gasteiger partial charge in [0.15, 0.2) is 0 Å². The van der Waals surface area contributed by atoms with E-state index >= 15 is 0 Å². The number of thiophene rings is 1. The Balaban J connectivity index is 1.27. The summed E-state index contributed by atoms with van der Waals surface area (Å²) in [5.74, 6) is -1.99. The maximum Gasteiger partial charge on any atom is 0.313 e. The summed E-state index contributed by atoms with van der Waals surface area (Å²) in [4.78, 5) is 30.1. The molecule has 2 aliphatic rings. The topological polar surface area (TPSA) is 102 Å². The number of sulfonamides is 1. The van der Waals surface area contributed by atoms with Gasteiger partial charge in [0.2, 0.25) is 0 Å². The second-order valence-electron chi connectivity index (χ2n) is 10.0. The third kappa shape index (κ3) is 6.20. The summed E-state index contributed by atoms with van der Waals surface area (Å²) in [5.41, 5.74) is 2.56. The summed E-state index contributed by atoms with van der Waals surface area (Å²) in [6, 6.07) is 14.3. The molecule has 1 saturated heterocycles. The molecule has 1 aromatic heterocycles. The number of hydrogen-bond acceptors (Lipinski definition) is 7. The number of amides is 2. The number of benzene rings is 2. The molecule has 3 aromatic rings. The normalized spacial score (nSPS) is 17.2. The molecular formula is C28H32FN5O4S2. The minimum Gasteiger partial charge on any atom is -0.346 e. The Morgan fingerprint density at radius 3 is 2.45 bits per heavy atom. The predicted molar refractivity (Wildman–Crippen MR) is 153 cm³/mol. The first-order valence-corrected chi connectivity index (χ1v) is 15.5. The number of anilines is 2. The molecule has 0 saturated carbocycles. The van der Waals surface area contributed by atoms with Crippen LogP contribution in [-0.4, -0.2) is 76.3 Å². The maximum absolute atomic E-state index is 13.6. The van der Waals surface area contributed by atoms with E-state index in [0.29, 0.717) is 24.3 Å². The first-order chi connectivity index (χ1) is 19.2. The number of halogens is 1. The van der Waals surface area contributed by atoms with Crippen molar-refractivity contribution in [3.05, 3.63) is 76.9 Å². The van der Waals surface area contributed by atoms with Crippen LogP contribution in [0.25, 0.3) is 0 Å². The van der Waals surface area contributed by atoms with Gasteiger partial charge in [-0.3, -0.25) is 18.8 Å². The predicted octanol–water partition coefficient (Wildman–Crippen LogP) is 3.07. The molecule has 1 unspecified atom stereocenters. The maximum atomic E-state index is 13.6. The van der Waals surface area contributed by atoms with Crippen LogP contribution in [0.3, 0.4) is 0 Å². The van der Waals surface area contributed by atoms with Crippen molar-refractivity contribution in [1.82, 2.24) is 15.1 Å². The van der Waals surface area contributed by atoms with Crippen LogP contribution in [0.4, 0.5) is 15.8 Å². The van der Waals surface area contributed by atoms with Crippen LogP contribution in [0.1, 0.15) is 23.6 Å². The fraction of sp³-hybridized carbons (Fsp3) is 0.357. The number of rotatable bonds is 7. The van der Waals surface area contributed by atoms with Gasteiger partial charge < -0.3 is 15.5 Å². The average Bonchev–Trinajstić information content (AvgIpc) is 3.51. The van der Waals surface area contributed by atoms with Gasteiger partial charge in [0.25, 0.3) is 10.0 Å². The van der Waals surface area contributed by atoms with Crippen LogP contribution in [0.5, 0.6) is 0 Å². The highest BCUT2D eigenvalue weighted by molar-refractivity contribution is 7.94. The van der Waals surface area contributed by atoms with E-state index in [0.717, 1.165) is 55.1 Å². The zero-order valence-corrected chi connectivity index (χ0v) is 23.8. The van der Waals surface area contributed by atoms with E-state index in [1.165, 1.54) is 16.4 Å². The largest absolute Gasteiger partial charge is 0.346 e. The summed E-state index contributed by atoms with van der Waals surface area (Å²) < 4.78 is 41.7. The number of nitrogens with one attached hydrogen (secondary N) is 2. The summed E-state index contributed by atoms with van der Waals surface area (Å²) in [5, 5.41) is 7.07. The molecule has 2 amide bonds. The van der Waals surface area contributed by atoms with Crippen molar-refractivity contribution in [2.24, 2.45) is 0 Å². The minimum absolute atomic E-state index is 0.179. The van der Waals surface area contributed by atoms with Crippen LogP contribution >= 0.6 is 11.3 Å². The molecule has 1 atom stereocenters. The molecule has 9 nitrogen and oxygen atoms in total. The highest BCUT2D eigenvalue weighted by atomic mass is 32.2. The number of aryl methyl sites for hydroxylation is 1. The highest BCUT2D eigenvalue weighted by Gasteiger charge is 2.31. The van der Waals surface area contributed by atoms with Crippen molar-refractivity contribution in [2.45, 2.75) is 23.1 Å². The molecule has 0 bridgehead atoms. The number of fused-ring (bicyclic) bond motifs is 1. The van der Waals surface area contributed by atoms with Crippen molar-refractivity contribution in [1.29, 1.82) is 0 Å². The van der Waals surface area contributed by atoms with Gasteiger partial charge in [-0.25, -0.2) is 12.8 Å². The number of hydrogen-bond donors (Lipinski definition) is 2. The first kappa shape index (κ1) is 28.2. The Kier molecular flexibility index (Phi) is 8.50. The number of carbonyl (C=O) groups is 2. The number of piperazine rings is 1. The molecule has 2 aromatic carbocycles. The van der Waals surface area contributed by atoms with E-state index in [9.17, 15) is 22.4 Å². The number of likely N-dealkylation sites (N-methyl/N-ethyl adjacent to an activating group) is 1. The van der Waals surface area contributed by atoms with Crippen LogP contribution in [0.2, 0.25) is 0 Å². The van der Waals surface area contributed by atoms with Gasteiger partial charge in [-0.2, -0.15) is 0 Å². The zero-order chi connectivity index (χ0) is 28.3. The molecule has 2 aliphatic heterocycles. The zero-order valence-electron chi connectivity index (χ0n) is 22.2. The van der Waals surface area contributed by atoms with Gasteiger partial charge >= 0.3 is 11.8 Å². The molecule has 2 N–H and O–H groups in total. The highest BCUT2D eigenvalue weighted by Crippen LogP contribution is 2.35. The molecule has 0 spiro atoms. The van der Waals surface area contributed by atoms with Crippen molar-refractivity contribution >= 4 is 44.5 Å². The monoisotopic (exact) mass is 585 g/mol. The lowest BCUT2D eigenvalue weighted by atomic mass is 10.0. The van der Waals surface area contributed by atoms with Gasteiger partial charge in [-0.05, 0) is 66.7 Å². The fourth-order valence-corrected chi connectivity index (χ4v) is 7.76. The Bertz CT molecular complexity index is 1460. The smallest absolute Gasteiger partial charge is 0.313 e. The second kappa shape index (κ2) is 12.0. The van der Waals surface area contributed by atoms with Crippen LogP contribution in [0, 0.1) is 5.82 Å². The summed E-state index contributed by atoms with van der Waals surface area (Å²) in [6.45, 7) is 3.80. The molecule has 1 fully saturated rings. The van der Waals surface area contributed by atoms with Crippen molar-refractivity contribution in [3.63, 3.8) is 0 Å². The molecule has 12 heteroatoms. The second-order valence-corrected chi connectivity index (χ2v) is 13.1. The van der Waals surface area contributed by atoms with Crippen LogP contribution < -0.4 is 14.9 Å². The van der Waals surface area contributed by atoms with Crippen LogP contribution in [0.15, 0.2) is 64.2 Å². The van der Waals surface area contributed by atoms with E-state index in [4.69, 9.17) is 0 Å². The van der Waals surface area contributed by atoms with Gasteiger partial charge in [0, 0.05) is 45.0 Å². The molecule has 5 rings (SSSR count). The van der Waals surface area contributed by atoms with Gasteiger partial charge in [-0.1, -0.05) is 24.3 Å². The lowest BCUT2D eigenvalue weighted by molar-refractivity contribution is -0.136. The van der Waals surface area contributed by atoms with Crippen molar-refractivity contribution in [3.8, 4) is 0 Å². The molecule has 3 heterocycles. The summed E-state index contributed by atoms with van der Waals surface area (Å²) >= 11 is 1.16. The van der Waals surface area contributed by atoms with Gasteiger partial charge in [0.1, 0.15) is 10.0 Å². The Morgan fingerprint density at radius 2 is 1.75 bits per heavy atom. The van der Waals surface area contributed by atoms with E-state index < -0.39 is 21.8 Å². The Hall–Kier alpha value is -3.32. The van der Waals surface area contributed by atoms with Crippen LogP contribution in [-0.2, 0) is 26.0 Å². The van der Waals surface area contributed by atoms with Gasteiger partial charge in [0.05, 0.1) is 11.7 Å². The Labute approximate surface area is 237 Å². The molecule has 0 aliphatic carbocycles. The van der Waals surface area contributed by atoms with Gasteiger partial charge in [-0.15, -0.1) is 11.3 Å². The lowest BCUT2D eigenvalue weighted by Gasteiger charge is -2.38. The standard InChI is InChI=1S/C28H32FN5O4S2/c1-32-13-15-33(16-14-32)25(21-6-9-22(29)10-7-21)19-30-27(35)28(36)31-23-11-8-20-4-2-12-34(24(20)18-23)40(37,38)26-5-3-17-39-26/h3,5-11,17-18,25H,2,4,12-16,19H2,1H3,(H,30,35)(H,31,36). The average molecular weight is 586 g/mol. The molecule has 212 valence electrons. The van der Waals surface area contributed by atoms with E-state index in [2.05, 4.69) is 20.4 Å². The quantitative estimate of drug-likeness (QED) is 0.414. The molecular weight excluding hydrogens is 553 g/mol. The van der Waals surface area contributed by atoms with Crippen molar-refractivity contribution < 1.29 is 22.4 Å². The Morgan fingerprint density at radius 1 is 1.00 bits per heavy atom. The first-order valence-electron chi connectivity index (χ1n) is 13.2. The van der Waals surface area contributed by atoms with E-state index in [1.54, 1.807) is 47.8 Å². The van der Waals surface area contributed by atoms with Crippen molar-refractivity contribution in [2.75, 3.05) is 55.9 Å². The molecule has 40 heavy (non-hydrogen) atoms. The van der Waals surface area contributed by atoms with E-state index in [1.807, 2.05) is 7.05 Å². The fourth-order valence-electron chi connectivity index (χ4n) is 5.12. The SMILES string of the molecule is CN1CCN(C(CNC(=O)C(=O)Nc2ccc3c(c2)N(S(=O)(=O)c2cccs2)CCC3)c2ccc(F)cc2)CC1. The lowest BCUT2D eigenvalue weighted by Crippen LogP contribution is -2.49. The third-order valence-corrected chi connectivity index (χ3v) is 10.5. The third-order valence-electron chi connectivity index (χ3n) is 7.35. The summed E-state index contributed by atoms with van der Waals surface area (Å²) in [7, 11) is -1.68. The molecule has 0 radical (unpaired) electrons.